The number of hydrogen-bond donors (Lipinski definition) is 2. The molecule has 118 valence electrons. The Morgan fingerprint density at radius 1 is 1.48 bits per heavy atom. The van der Waals surface area contributed by atoms with E-state index in [1.807, 2.05) is 12.1 Å². The van der Waals surface area contributed by atoms with Gasteiger partial charge in [0.2, 0.25) is 5.91 Å². The summed E-state index contributed by atoms with van der Waals surface area (Å²) in [6.07, 6.45) is 6.03. The summed E-state index contributed by atoms with van der Waals surface area (Å²) in [5.74, 6) is 1.16. The summed E-state index contributed by atoms with van der Waals surface area (Å²) in [6.45, 7) is 4.75. The minimum Gasteiger partial charge on any atom is -0.469 e. The van der Waals surface area contributed by atoms with Gasteiger partial charge in [0.25, 0.3) is 0 Å². The van der Waals surface area contributed by atoms with Gasteiger partial charge in [0.05, 0.1) is 12.8 Å². The molecule has 0 bridgehead atoms. The van der Waals surface area contributed by atoms with Gasteiger partial charge in [-0.15, -0.1) is 0 Å². The van der Waals surface area contributed by atoms with Gasteiger partial charge in [0.15, 0.2) is 0 Å². The lowest BCUT2D eigenvalue weighted by Gasteiger charge is -2.33. The molecule has 0 aromatic carbocycles. The van der Waals surface area contributed by atoms with Crippen molar-refractivity contribution in [3.63, 3.8) is 0 Å². The summed E-state index contributed by atoms with van der Waals surface area (Å²) < 4.78 is 5.36. The average Bonchev–Trinajstić information content (AvgIpc) is 3.00. The molecule has 0 saturated carbocycles. The van der Waals surface area contributed by atoms with Crippen molar-refractivity contribution in [1.29, 1.82) is 0 Å². The lowest BCUT2D eigenvalue weighted by molar-refractivity contribution is -0.122. The SMILES string of the molecule is CNC(=O)CN1CCC(NC(C)CCc2ccco2)CC1. The summed E-state index contributed by atoms with van der Waals surface area (Å²) in [5.41, 5.74) is 0. The molecule has 1 aromatic rings. The maximum atomic E-state index is 11.4. The molecule has 2 heterocycles. The van der Waals surface area contributed by atoms with Crippen LogP contribution >= 0.6 is 0 Å². The Kier molecular flexibility index (Phi) is 6.26. The van der Waals surface area contributed by atoms with E-state index in [9.17, 15) is 4.79 Å². The Morgan fingerprint density at radius 2 is 2.24 bits per heavy atom. The van der Waals surface area contributed by atoms with Crippen molar-refractivity contribution in [3.8, 4) is 0 Å². The molecule has 1 aromatic heterocycles. The molecule has 1 aliphatic heterocycles. The Bertz CT molecular complexity index is 411. The highest BCUT2D eigenvalue weighted by Gasteiger charge is 2.21. The topological polar surface area (TPSA) is 57.5 Å². The normalized spacial score (nSPS) is 18.6. The number of furan rings is 1. The largest absolute Gasteiger partial charge is 0.469 e. The molecule has 1 fully saturated rings. The summed E-state index contributed by atoms with van der Waals surface area (Å²) in [6, 6.07) is 5.03. The third-order valence-corrected chi connectivity index (χ3v) is 4.16. The summed E-state index contributed by atoms with van der Waals surface area (Å²) in [4.78, 5) is 13.6. The molecule has 1 atom stereocenters. The third kappa shape index (κ3) is 5.52. The maximum absolute atomic E-state index is 11.4. The molecular formula is C16H27N3O2. The molecule has 1 saturated heterocycles. The van der Waals surface area contributed by atoms with Gasteiger partial charge in [0, 0.05) is 38.6 Å². The first kappa shape index (κ1) is 16.0. The molecule has 21 heavy (non-hydrogen) atoms. The van der Waals surface area contributed by atoms with Gasteiger partial charge in [-0.25, -0.2) is 0 Å². The van der Waals surface area contributed by atoms with E-state index in [2.05, 4.69) is 22.5 Å². The predicted octanol–water partition coefficient (Wildman–Crippen LogP) is 1.40. The van der Waals surface area contributed by atoms with Crippen LogP contribution in [0.25, 0.3) is 0 Å². The molecule has 0 radical (unpaired) electrons. The summed E-state index contributed by atoms with van der Waals surface area (Å²) >= 11 is 0. The number of amides is 1. The quantitative estimate of drug-likeness (QED) is 0.798. The first-order valence-corrected chi connectivity index (χ1v) is 7.88. The van der Waals surface area contributed by atoms with Gasteiger partial charge < -0.3 is 15.1 Å². The van der Waals surface area contributed by atoms with Crippen LogP contribution in [-0.2, 0) is 11.2 Å². The Balaban J connectivity index is 1.62. The predicted molar refractivity (Wildman–Crippen MR) is 83.2 cm³/mol. The smallest absolute Gasteiger partial charge is 0.233 e. The van der Waals surface area contributed by atoms with Crippen molar-refractivity contribution in [2.24, 2.45) is 0 Å². The van der Waals surface area contributed by atoms with Crippen LogP contribution < -0.4 is 10.6 Å². The average molecular weight is 293 g/mol. The van der Waals surface area contributed by atoms with E-state index in [1.54, 1.807) is 13.3 Å². The number of aryl methyl sites for hydroxylation is 1. The second-order valence-corrected chi connectivity index (χ2v) is 5.91. The number of nitrogens with zero attached hydrogens (tertiary/aromatic N) is 1. The Morgan fingerprint density at radius 3 is 2.86 bits per heavy atom. The van der Waals surface area contributed by atoms with E-state index < -0.39 is 0 Å². The van der Waals surface area contributed by atoms with Gasteiger partial charge in [-0.2, -0.15) is 0 Å². The minimum absolute atomic E-state index is 0.105. The maximum Gasteiger partial charge on any atom is 0.233 e. The zero-order valence-corrected chi connectivity index (χ0v) is 13.1. The standard InChI is InChI=1S/C16H27N3O2/c1-13(5-6-15-4-3-11-21-15)18-14-7-9-19(10-8-14)12-16(20)17-2/h3-4,11,13-14,18H,5-10,12H2,1-2H3,(H,17,20). The van der Waals surface area contributed by atoms with Crippen molar-refractivity contribution >= 4 is 5.91 Å². The number of piperidine rings is 1. The number of carbonyl (C=O) groups is 1. The Labute approximate surface area is 127 Å². The molecular weight excluding hydrogens is 266 g/mol. The van der Waals surface area contributed by atoms with E-state index >= 15 is 0 Å². The van der Waals surface area contributed by atoms with Gasteiger partial charge in [0.1, 0.15) is 5.76 Å². The van der Waals surface area contributed by atoms with Crippen LogP contribution in [-0.4, -0.2) is 49.6 Å². The fourth-order valence-electron chi connectivity index (χ4n) is 2.84. The van der Waals surface area contributed by atoms with Crippen LogP contribution in [0.15, 0.2) is 22.8 Å². The molecule has 2 N–H and O–H groups in total. The lowest BCUT2D eigenvalue weighted by atomic mass is 10.0. The molecule has 2 rings (SSSR count). The minimum atomic E-state index is 0.105. The monoisotopic (exact) mass is 293 g/mol. The van der Waals surface area contributed by atoms with Crippen molar-refractivity contribution in [3.05, 3.63) is 24.2 Å². The van der Waals surface area contributed by atoms with E-state index in [0.717, 1.165) is 44.5 Å². The number of hydrogen-bond acceptors (Lipinski definition) is 4. The van der Waals surface area contributed by atoms with Crippen molar-refractivity contribution in [2.45, 2.75) is 44.7 Å². The molecule has 1 aliphatic rings. The molecule has 0 spiro atoms. The fourth-order valence-corrected chi connectivity index (χ4v) is 2.84. The van der Waals surface area contributed by atoms with Crippen LogP contribution in [0.4, 0.5) is 0 Å². The number of nitrogens with one attached hydrogen (secondary N) is 2. The van der Waals surface area contributed by atoms with Crippen LogP contribution in [0.1, 0.15) is 31.9 Å². The number of rotatable bonds is 7. The van der Waals surface area contributed by atoms with Crippen LogP contribution in [0.3, 0.4) is 0 Å². The highest BCUT2D eigenvalue weighted by atomic mass is 16.3. The van der Waals surface area contributed by atoms with Crippen LogP contribution in [0.2, 0.25) is 0 Å². The first-order valence-electron chi connectivity index (χ1n) is 7.88. The summed E-state index contributed by atoms with van der Waals surface area (Å²) in [7, 11) is 1.69. The molecule has 0 aliphatic carbocycles. The van der Waals surface area contributed by atoms with E-state index in [0.29, 0.717) is 18.6 Å². The Hall–Kier alpha value is -1.33. The van der Waals surface area contributed by atoms with Crippen LogP contribution in [0, 0.1) is 0 Å². The van der Waals surface area contributed by atoms with Gasteiger partial charge in [-0.3, -0.25) is 9.69 Å². The summed E-state index contributed by atoms with van der Waals surface area (Å²) in [5, 5.41) is 6.38. The third-order valence-electron chi connectivity index (χ3n) is 4.16. The van der Waals surface area contributed by atoms with Crippen molar-refractivity contribution in [1.82, 2.24) is 15.5 Å². The van der Waals surface area contributed by atoms with E-state index in [4.69, 9.17) is 4.42 Å². The highest BCUT2D eigenvalue weighted by molar-refractivity contribution is 5.77. The van der Waals surface area contributed by atoms with Gasteiger partial charge in [-0.05, 0) is 38.3 Å². The van der Waals surface area contributed by atoms with Crippen LogP contribution in [0.5, 0.6) is 0 Å². The second-order valence-electron chi connectivity index (χ2n) is 5.91. The van der Waals surface area contributed by atoms with Gasteiger partial charge in [-0.1, -0.05) is 0 Å². The number of likely N-dealkylation sites (tertiary alicyclic amines) is 1. The van der Waals surface area contributed by atoms with Crippen molar-refractivity contribution < 1.29 is 9.21 Å². The molecule has 1 unspecified atom stereocenters. The lowest BCUT2D eigenvalue weighted by Crippen LogP contribution is -2.47. The highest BCUT2D eigenvalue weighted by Crippen LogP contribution is 2.12. The zero-order chi connectivity index (χ0) is 15.1. The van der Waals surface area contributed by atoms with Gasteiger partial charge >= 0.3 is 0 Å². The number of carbonyl (C=O) groups excluding carboxylic acids is 1. The number of likely N-dealkylation sites (N-methyl/N-ethyl adjacent to an activating group) is 1. The first-order chi connectivity index (χ1) is 10.2. The van der Waals surface area contributed by atoms with Crippen molar-refractivity contribution in [2.75, 3.05) is 26.7 Å². The molecule has 1 amide bonds. The fraction of sp³-hybridized carbons (Fsp3) is 0.688. The van der Waals surface area contributed by atoms with E-state index in [-0.39, 0.29) is 5.91 Å². The molecule has 5 nitrogen and oxygen atoms in total. The zero-order valence-electron chi connectivity index (χ0n) is 13.1. The van der Waals surface area contributed by atoms with E-state index in [1.165, 1.54) is 0 Å². The second kappa shape index (κ2) is 8.20. The molecule has 5 heteroatoms.